The lowest BCUT2D eigenvalue weighted by molar-refractivity contribution is -0.00813. The SMILES string of the molecule is CCC(CCC(C)[C@H]1CC[C@H]2C3=CCC4CCCC[C@]4(C)[C@H]3CC[C@]12C)C(C)=CO. The van der Waals surface area contributed by atoms with Gasteiger partial charge in [0.25, 0.3) is 0 Å². The van der Waals surface area contributed by atoms with Crippen molar-refractivity contribution in [3.63, 3.8) is 0 Å². The zero-order chi connectivity index (χ0) is 21.5. The van der Waals surface area contributed by atoms with Gasteiger partial charge in [0.2, 0.25) is 0 Å². The maximum Gasteiger partial charge on any atom is 0.0783 e. The summed E-state index contributed by atoms with van der Waals surface area (Å²) >= 11 is 0. The van der Waals surface area contributed by atoms with E-state index in [1.807, 2.05) is 5.57 Å². The molecule has 3 unspecified atom stereocenters. The third kappa shape index (κ3) is 3.61. The van der Waals surface area contributed by atoms with Crippen LogP contribution in [0.25, 0.3) is 0 Å². The molecule has 0 amide bonds. The molecule has 0 spiro atoms. The molecule has 3 saturated carbocycles. The van der Waals surface area contributed by atoms with Crippen LogP contribution in [-0.2, 0) is 0 Å². The Bertz CT molecular complexity index is 674. The van der Waals surface area contributed by atoms with Gasteiger partial charge < -0.3 is 5.11 Å². The van der Waals surface area contributed by atoms with Crippen LogP contribution in [0.1, 0.15) is 112 Å². The van der Waals surface area contributed by atoms with Crippen LogP contribution in [0.5, 0.6) is 0 Å². The first kappa shape index (κ1) is 22.5. The van der Waals surface area contributed by atoms with Crippen molar-refractivity contribution in [3.05, 3.63) is 23.5 Å². The van der Waals surface area contributed by atoms with Gasteiger partial charge in [-0.05, 0) is 123 Å². The van der Waals surface area contributed by atoms with Crippen LogP contribution in [-0.4, -0.2) is 5.11 Å². The molecule has 0 bridgehead atoms. The van der Waals surface area contributed by atoms with Crippen LogP contribution in [0, 0.1) is 46.3 Å². The Morgan fingerprint density at radius 3 is 2.57 bits per heavy atom. The van der Waals surface area contributed by atoms with E-state index >= 15 is 0 Å². The molecule has 0 saturated heterocycles. The van der Waals surface area contributed by atoms with Crippen LogP contribution >= 0.6 is 0 Å². The van der Waals surface area contributed by atoms with Crippen molar-refractivity contribution in [1.82, 2.24) is 0 Å². The highest BCUT2D eigenvalue weighted by Gasteiger charge is 2.57. The van der Waals surface area contributed by atoms with E-state index in [2.05, 4.69) is 40.7 Å². The number of allylic oxidation sites excluding steroid dienone is 3. The Labute approximate surface area is 186 Å². The number of hydrogen-bond acceptors (Lipinski definition) is 1. The molecule has 0 aliphatic heterocycles. The Balaban J connectivity index is 1.48. The van der Waals surface area contributed by atoms with Crippen LogP contribution in [0.4, 0.5) is 0 Å². The minimum Gasteiger partial charge on any atom is -0.516 e. The summed E-state index contributed by atoms with van der Waals surface area (Å²) < 4.78 is 0. The standard InChI is InChI=1S/C29H48O/c1-6-22(21(3)19-30)11-10-20(2)25-14-15-26-24-13-12-23-9-7-8-17-28(23,4)27(24)16-18-29(25,26)5/h13,19-20,22-23,25-27,30H,6-12,14-18H2,1-5H3/t20?,22?,23?,25-,26+,27+,28+,29-/m1/s1. The van der Waals surface area contributed by atoms with E-state index < -0.39 is 0 Å². The second-order valence-electron chi connectivity index (χ2n) is 12.3. The molecule has 30 heavy (non-hydrogen) atoms. The van der Waals surface area contributed by atoms with Crippen LogP contribution < -0.4 is 0 Å². The van der Waals surface area contributed by atoms with Crippen molar-refractivity contribution in [2.24, 2.45) is 46.3 Å². The summed E-state index contributed by atoms with van der Waals surface area (Å²) in [7, 11) is 0. The molecule has 1 N–H and O–H groups in total. The Morgan fingerprint density at radius 1 is 1.07 bits per heavy atom. The smallest absolute Gasteiger partial charge is 0.0783 e. The summed E-state index contributed by atoms with van der Waals surface area (Å²) in [5.74, 6) is 4.98. The maximum atomic E-state index is 9.45. The molecule has 0 aromatic carbocycles. The van der Waals surface area contributed by atoms with Crippen molar-refractivity contribution < 1.29 is 5.11 Å². The van der Waals surface area contributed by atoms with E-state index in [1.165, 1.54) is 82.5 Å². The Kier molecular flexibility index (Phi) is 6.49. The highest BCUT2D eigenvalue weighted by atomic mass is 16.2. The molecule has 8 atom stereocenters. The molecular formula is C29H48O. The zero-order valence-corrected chi connectivity index (χ0v) is 20.6. The van der Waals surface area contributed by atoms with Crippen LogP contribution in [0.2, 0.25) is 0 Å². The molecule has 0 radical (unpaired) electrons. The lowest BCUT2D eigenvalue weighted by atomic mass is 9.48. The molecule has 1 nitrogen and oxygen atoms in total. The van der Waals surface area contributed by atoms with Crippen molar-refractivity contribution in [2.75, 3.05) is 0 Å². The molecule has 4 aliphatic carbocycles. The molecule has 4 aliphatic rings. The second-order valence-corrected chi connectivity index (χ2v) is 12.3. The molecule has 170 valence electrons. The van der Waals surface area contributed by atoms with E-state index in [0.717, 1.165) is 36.0 Å². The first-order chi connectivity index (χ1) is 14.3. The van der Waals surface area contributed by atoms with E-state index in [-0.39, 0.29) is 0 Å². The third-order valence-electron chi connectivity index (χ3n) is 11.1. The van der Waals surface area contributed by atoms with Gasteiger partial charge in [-0.3, -0.25) is 0 Å². The second kappa shape index (κ2) is 8.67. The summed E-state index contributed by atoms with van der Waals surface area (Å²) in [5.41, 5.74) is 4.23. The van der Waals surface area contributed by atoms with E-state index in [4.69, 9.17) is 0 Å². The van der Waals surface area contributed by atoms with Gasteiger partial charge in [-0.1, -0.05) is 52.2 Å². The first-order valence-electron chi connectivity index (χ1n) is 13.4. The fourth-order valence-electron chi connectivity index (χ4n) is 9.04. The van der Waals surface area contributed by atoms with Gasteiger partial charge in [0.05, 0.1) is 6.26 Å². The predicted molar refractivity (Wildman–Crippen MR) is 128 cm³/mol. The summed E-state index contributed by atoms with van der Waals surface area (Å²) in [4.78, 5) is 0. The minimum absolute atomic E-state index is 0.531. The van der Waals surface area contributed by atoms with Crippen molar-refractivity contribution >= 4 is 0 Å². The van der Waals surface area contributed by atoms with Gasteiger partial charge in [-0.2, -0.15) is 0 Å². The van der Waals surface area contributed by atoms with Gasteiger partial charge in [-0.15, -0.1) is 0 Å². The fraction of sp³-hybridized carbons (Fsp3) is 0.862. The third-order valence-corrected chi connectivity index (χ3v) is 11.1. The largest absolute Gasteiger partial charge is 0.516 e. The summed E-state index contributed by atoms with van der Waals surface area (Å²) in [6.07, 6.45) is 20.9. The number of aliphatic hydroxyl groups excluding tert-OH is 1. The molecule has 0 aromatic rings. The number of aliphatic hydroxyl groups is 1. The molecule has 0 aromatic heterocycles. The molecule has 1 heteroatoms. The van der Waals surface area contributed by atoms with Crippen molar-refractivity contribution in [2.45, 2.75) is 112 Å². The Hall–Kier alpha value is -0.720. The van der Waals surface area contributed by atoms with Gasteiger partial charge in [-0.25, -0.2) is 0 Å². The summed E-state index contributed by atoms with van der Waals surface area (Å²) in [6, 6.07) is 0. The monoisotopic (exact) mass is 412 g/mol. The minimum atomic E-state index is 0.531. The average molecular weight is 413 g/mol. The van der Waals surface area contributed by atoms with Crippen molar-refractivity contribution in [1.29, 1.82) is 0 Å². The Morgan fingerprint density at radius 2 is 1.83 bits per heavy atom. The van der Waals surface area contributed by atoms with Crippen LogP contribution in [0.3, 0.4) is 0 Å². The highest BCUT2D eigenvalue weighted by Crippen LogP contribution is 2.67. The van der Waals surface area contributed by atoms with Gasteiger partial charge >= 0.3 is 0 Å². The summed E-state index contributed by atoms with van der Waals surface area (Å²) in [5, 5.41) is 9.45. The number of rotatable bonds is 6. The average Bonchev–Trinajstić information content (AvgIpc) is 3.10. The zero-order valence-electron chi connectivity index (χ0n) is 20.6. The first-order valence-corrected chi connectivity index (χ1v) is 13.4. The molecular weight excluding hydrogens is 364 g/mol. The topological polar surface area (TPSA) is 20.2 Å². The van der Waals surface area contributed by atoms with Crippen LogP contribution in [0.15, 0.2) is 23.5 Å². The fourth-order valence-corrected chi connectivity index (χ4v) is 9.04. The van der Waals surface area contributed by atoms with E-state index in [1.54, 1.807) is 0 Å². The normalized spacial score (nSPS) is 43.2. The van der Waals surface area contributed by atoms with Gasteiger partial charge in [0, 0.05) is 0 Å². The van der Waals surface area contributed by atoms with E-state index in [0.29, 0.717) is 16.7 Å². The number of hydrogen-bond donors (Lipinski definition) is 1. The molecule has 4 rings (SSSR count). The maximum absolute atomic E-state index is 9.45. The number of fused-ring (bicyclic) bond motifs is 5. The van der Waals surface area contributed by atoms with Gasteiger partial charge in [0.1, 0.15) is 0 Å². The molecule has 3 fully saturated rings. The predicted octanol–water partition coefficient (Wildman–Crippen LogP) is 8.86. The lowest BCUT2D eigenvalue weighted by Crippen LogP contribution is -2.48. The summed E-state index contributed by atoms with van der Waals surface area (Å²) in [6.45, 7) is 12.3. The quantitative estimate of drug-likeness (QED) is 0.341. The molecule has 0 heterocycles. The van der Waals surface area contributed by atoms with E-state index in [9.17, 15) is 5.11 Å². The highest BCUT2D eigenvalue weighted by molar-refractivity contribution is 5.27. The van der Waals surface area contributed by atoms with Gasteiger partial charge in [0.15, 0.2) is 0 Å². The lowest BCUT2D eigenvalue weighted by Gasteiger charge is -2.57. The van der Waals surface area contributed by atoms with Crippen molar-refractivity contribution in [3.8, 4) is 0 Å².